The summed E-state index contributed by atoms with van der Waals surface area (Å²) < 4.78 is 50.9. The first-order valence-corrected chi connectivity index (χ1v) is 26.3. The molecule has 0 saturated carbocycles. The molecule has 0 spiro atoms. The van der Waals surface area contributed by atoms with E-state index in [1.165, 1.54) is 6.42 Å². The van der Waals surface area contributed by atoms with Gasteiger partial charge in [0.05, 0.1) is 54.0 Å². The molecular formula is C53H66N6O9S. The van der Waals surface area contributed by atoms with E-state index in [2.05, 4.69) is 15.1 Å². The van der Waals surface area contributed by atoms with Gasteiger partial charge in [0.2, 0.25) is 0 Å². The lowest BCUT2D eigenvalue weighted by atomic mass is 9.82. The van der Waals surface area contributed by atoms with Gasteiger partial charge in [-0.1, -0.05) is 61.7 Å². The Morgan fingerprint density at radius 1 is 0.826 bits per heavy atom. The van der Waals surface area contributed by atoms with Gasteiger partial charge in [0, 0.05) is 51.1 Å². The highest BCUT2D eigenvalue weighted by atomic mass is 32.2. The summed E-state index contributed by atoms with van der Waals surface area (Å²) in [4.78, 5) is 51.5. The highest BCUT2D eigenvalue weighted by Crippen LogP contribution is 2.36. The number of methoxy groups -OCH3 is 1. The van der Waals surface area contributed by atoms with Gasteiger partial charge in [-0.05, 0) is 106 Å². The van der Waals surface area contributed by atoms with Crippen molar-refractivity contribution in [2.24, 2.45) is 0 Å². The molecule has 16 heteroatoms. The van der Waals surface area contributed by atoms with Crippen molar-refractivity contribution in [2.45, 2.75) is 102 Å². The summed E-state index contributed by atoms with van der Waals surface area (Å²) in [5.41, 5.74) is 3.42. The number of ether oxygens (including phenoxy) is 4. The Labute approximate surface area is 405 Å². The van der Waals surface area contributed by atoms with Gasteiger partial charge in [-0.15, -0.1) is 0 Å². The van der Waals surface area contributed by atoms with Crippen LogP contribution in [0.15, 0.2) is 95.8 Å². The largest absolute Gasteiger partial charge is 0.495 e. The van der Waals surface area contributed by atoms with Crippen LogP contribution in [-0.4, -0.2) is 122 Å². The Balaban J connectivity index is 0.729. The van der Waals surface area contributed by atoms with Crippen molar-refractivity contribution in [3.63, 3.8) is 0 Å². The summed E-state index contributed by atoms with van der Waals surface area (Å²) in [5.74, 6) is 2.26. The monoisotopic (exact) mass is 962 g/mol. The molecule has 4 heterocycles. The van der Waals surface area contributed by atoms with E-state index in [0.29, 0.717) is 109 Å². The third-order valence-corrected chi connectivity index (χ3v) is 15.3. The maximum Gasteiger partial charge on any atom is 0.412 e. The van der Waals surface area contributed by atoms with Crippen LogP contribution in [0.25, 0.3) is 16.6 Å². The Morgan fingerprint density at radius 3 is 2.30 bits per heavy atom. The van der Waals surface area contributed by atoms with E-state index >= 15 is 0 Å². The molecule has 2 amide bonds. The summed E-state index contributed by atoms with van der Waals surface area (Å²) >= 11 is 0. The van der Waals surface area contributed by atoms with Gasteiger partial charge in [0.25, 0.3) is 11.5 Å². The minimum absolute atomic E-state index is 0.0443. The second-order valence-electron chi connectivity index (χ2n) is 18.5. The van der Waals surface area contributed by atoms with Crippen molar-refractivity contribution in [1.82, 2.24) is 24.3 Å². The van der Waals surface area contributed by atoms with Crippen molar-refractivity contribution in [3.8, 4) is 22.9 Å². The van der Waals surface area contributed by atoms with E-state index in [0.717, 1.165) is 57.1 Å². The number of fused-ring (bicyclic) bond motifs is 3. The van der Waals surface area contributed by atoms with E-state index in [1.54, 1.807) is 46.9 Å². The number of carbonyl (C=O) groups excluding carboxylic acids is 2. The molecule has 1 N–H and O–H groups in total. The van der Waals surface area contributed by atoms with E-state index in [1.807, 2.05) is 74.5 Å². The molecule has 5 aromatic rings. The van der Waals surface area contributed by atoms with Crippen LogP contribution in [0.4, 0.5) is 10.5 Å². The SMILES string of the molecule is CCOc1ccccc1-n1c(CN2CCN(C(=O)COc3ccc(CS(=O)(=O)CCCCCCN4C5CCCC4CC(OC(=O)Nc4cc(C)ccc4OC)C5)cc3)CC2)nc2ccccc2c1=O. The summed E-state index contributed by atoms with van der Waals surface area (Å²) in [5, 5.41) is 3.40. The molecule has 8 rings (SSSR count). The maximum absolute atomic E-state index is 13.9. The maximum atomic E-state index is 13.9. The van der Waals surface area contributed by atoms with E-state index < -0.39 is 15.9 Å². The third-order valence-electron chi connectivity index (χ3n) is 13.6. The highest BCUT2D eigenvalue weighted by Gasteiger charge is 2.39. The predicted octanol–water partition coefficient (Wildman–Crippen LogP) is 7.93. The van der Waals surface area contributed by atoms with Crippen LogP contribution >= 0.6 is 0 Å². The van der Waals surface area contributed by atoms with Gasteiger partial charge in [-0.2, -0.15) is 0 Å². The average molecular weight is 963 g/mol. The van der Waals surface area contributed by atoms with E-state index in [9.17, 15) is 22.8 Å². The molecule has 4 aromatic carbocycles. The molecule has 3 aliphatic heterocycles. The van der Waals surface area contributed by atoms with E-state index in [-0.39, 0.29) is 35.7 Å². The fourth-order valence-electron chi connectivity index (χ4n) is 10.1. The summed E-state index contributed by atoms with van der Waals surface area (Å²) in [7, 11) is -1.72. The Bertz CT molecular complexity index is 2710. The van der Waals surface area contributed by atoms with Crippen LogP contribution in [0.1, 0.15) is 81.7 Å². The molecule has 0 radical (unpaired) electrons. The van der Waals surface area contributed by atoms with E-state index in [4.69, 9.17) is 23.9 Å². The number of rotatable bonds is 20. The zero-order valence-electron chi connectivity index (χ0n) is 40.1. The summed E-state index contributed by atoms with van der Waals surface area (Å²) in [6.07, 6.45) is 7.88. The van der Waals surface area contributed by atoms with Crippen molar-refractivity contribution >= 4 is 38.4 Å². The van der Waals surface area contributed by atoms with Gasteiger partial charge < -0.3 is 23.8 Å². The van der Waals surface area contributed by atoms with Gasteiger partial charge in [-0.25, -0.2) is 18.2 Å². The quantitative estimate of drug-likeness (QED) is 0.0752. The van der Waals surface area contributed by atoms with Crippen molar-refractivity contribution in [2.75, 3.05) is 64.1 Å². The molecule has 2 atom stereocenters. The first-order chi connectivity index (χ1) is 33.5. The van der Waals surface area contributed by atoms with Crippen LogP contribution in [0.3, 0.4) is 0 Å². The number of aryl methyl sites for hydroxylation is 1. The third kappa shape index (κ3) is 12.8. The summed E-state index contributed by atoms with van der Waals surface area (Å²) in [6.45, 7) is 7.77. The lowest BCUT2D eigenvalue weighted by Gasteiger charge is -2.48. The first kappa shape index (κ1) is 49.5. The number of para-hydroxylation sites is 3. The van der Waals surface area contributed by atoms with Crippen molar-refractivity contribution < 1.29 is 37.0 Å². The number of carbonyl (C=O) groups is 2. The number of nitrogens with one attached hydrogen (secondary N) is 1. The lowest BCUT2D eigenvalue weighted by Crippen LogP contribution is -2.54. The molecule has 3 aliphatic rings. The van der Waals surface area contributed by atoms with Crippen LogP contribution in [0, 0.1) is 6.92 Å². The topological polar surface area (TPSA) is 162 Å². The lowest BCUT2D eigenvalue weighted by molar-refractivity contribution is -0.135. The van der Waals surface area contributed by atoms with Gasteiger partial charge in [0.1, 0.15) is 29.2 Å². The fourth-order valence-corrected chi connectivity index (χ4v) is 11.6. The highest BCUT2D eigenvalue weighted by molar-refractivity contribution is 7.90. The summed E-state index contributed by atoms with van der Waals surface area (Å²) in [6, 6.07) is 28.2. The Morgan fingerprint density at radius 2 is 1.55 bits per heavy atom. The number of anilines is 1. The molecular weight excluding hydrogens is 897 g/mol. The second kappa shape index (κ2) is 23.1. The van der Waals surface area contributed by atoms with Crippen LogP contribution < -0.4 is 25.1 Å². The number of hydrogen-bond acceptors (Lipinski definition) is 12. The number of benzene rings is 4. The Hall–Kier alpha value is -5.97. The number of piperazine rings is 1. The molecule has 0 aliphatic carbocycles. The molecule has 15 nitrogen and oxygen atoms in total. The molecule has 69 heavy (non-hydrogen) atoms. The average Bonchev–Trinajstić information content (AvgIpc) is 3.33. The number of unbranched alkanes of at least 4 members (excludes halogenated alkanes) is 3. The number of amides is 2. The minimum atomic E-state index is -3.30. The standard InChI is InChI=1S/C53H66N6O9S/c1-4-66-49-19-10-9-18-47(49)59-50(54-45-17-8-7-16-44(45)52(59)61)35-56-27-29-57(30-28-56)51(60)36-67-42-23-21-39(22-24-42)37-69(63,64)31-12-6-5-11-26-58-40-14-13-15-41(58)34-43(33-40)68-53(62)55-46-32-38(2)20-25-48(46)65-3/h7-10,16-25,32,40-41,43H,4-6,11-15,26-31,33-37H2,1-3H3,(H,55,62). The van der Waals surface area contributed by atoms with Crippen LogP contribution in [0.5, 0.6) is 17.2 Å². The number of aromatic nitrogens is 2. The van der Waals surface area contributed by atoms with Gasteiger partial charge >= 0.3 is 6.09 Å². The molecule has 3 saturated heterocycles. The van der Waals surface area contributed by atoms with Crippen LogP contribution in [-0.2, 0) is 31.7 Å². The number of piperidine rings is 2. The molecule has 1 aromatic heterocycles. The van der Waals surface area contributed by atoms with Crippen molar-refractivity contribution in [1.29, 1.82) is 0 Å². The molecule has 2 unspecified atom stereocenters. The fraction of sp³-hybridized carbons (Fsp3) is 0.472. The molecule has 368 valence electrons. The minimum Gasteiger partial charge on any atom is -0.495 e. The zero-order valence-corrected chi connectivity index (χ0v) is 41.0. The zero-order chi connectivity index (χ0) is 48.3. The smallest absolute Gasteiger partial charge is 0.412 e. The second-order valence-corrected chi connectivity index (χ2v) is 20.7. The van der Waals surface area contributed by atoms with Crippen molar-refractivity contribution in [3.05, 3.63) is 118 Å². The normalized spacial score (nSPS) is 18.7. The first-order valence-electron chi connectivity index (χ1n) is 24.5. The number of nitrogens with zero attached hydrogens (tertiary/aromatic N) is 5. The predicted molar refractivity (Wildman–Crippen MR) is 267 cm³/mol. The van der Waals surface area contributed by atoms with Gasteiger partial charge in [-0.3, -0.25) is 29.3 Å². The molecule has 2 bridgehead atoms. The van der Waals surface area contributed by atoms with Gasteiger partial charge in [0.15, 0.2) is 16.4 Å². The van der Waals surface area contributed by atoms with Crippen LogP contribution in [0.2, 0.25) is 0 Å². The Kier molecular flexibility index (Phi) is 16.5. The molecule has 3 fully saturated rings. The number of hydrogen-bond donors (Lipinski definition) is 1. The number of sulfone groups is 1.